The summed E-state index contributed by atoms with van der Waals surface area (Å²) in [6.45, 7) is -0.125. The first-order valence-corrected chi connectivity index (χ1v) is 4.64. The minimum Gasteiger partial charge on any atom is -0.381 e. The Morgan fingerprint density at radius 1 is 1.87 bits per heavy atom. The maximum absolute atomic E-state index is 10.4. The predicted molar refractivity (Wildman–Crippen MR) is 52.5 cm³/mol. The lowest BCUT2D eigenvalue weighted by atomic mass is 10.3. The van der Waals surface area contributed by atoms with Crippen molar-refractivity contribution in [3.63, 3.8) is 0 Å². The first-order chi connectivity index (χ1) is 7.00. The van der Waals surface area contributed by atoms with Gasteiger partial charge in [-0.2, -0.15) is 0 Å². The standard InChI is InChI=1S/C6H8N4O4S/c7-5(12)3(11)1-8-6-9-2-4(15-6)10(13)14/h2-3,11H,1H2,(H2,7,12)(H,8,9). The number of nitrogens with two attached hydrogens (primary N) is 1. The molecule has 1 atom stereocenters. The van der Waals surface area contributed by atoms with E-state index in [-0.39, 0.29) is 16.7 Å². The molecule has 82 valence electrons. The quantitative estimate of drug-likeness (QED) is 0.454. The van der Waals surface area contributed by atoms with Gasteiger partial charge in [0.15, 0.2) is 5.13 Å². The number of nitro groups is 1. The van der Waals surface area contributed by atoms with Crippen molar-refractivity contribution in [1.29, 1.82) is 0 Å². The van der Waals surface area contributed by atoms with Crippen molar-refractivity contribution in [1.82, 2.24) is 4.98 Å². The maximum atomic E-state index is 10.4. The van der Waals surface area contributed by atoms with Gasteiger partial charge in [-0.05, 0) is 11.3 Å². The molecule has 0 aliphatic carbocycles. The highest BCUT2D eigenvalue weighted by atomic mass is 32.1. The predicted octanol–water partition coefficient (Wildman–Crippen LogP) is -0.691. The third-order valence-electron chi connectivity index (χ3n) is 1.45. The highest BCUT2D eigenvalue weighted by molar-refractivity contribution is 7.18. The molecule has 0 saturated heterocycles. The Balaban J connectivity index is 2.51. The summed E-state index contributed by atoms with van der Waals surface area (Å²) in [6, 6.07) is 0. The molecule has 1 heterocycles. The molecule has 0 bridgehead atoms. The minimum absolute atomic E-state index is 0.119. The zero-order valence-electron chi connectivity index (χ0n) is 7.41. The highest BCUT2D eigenvalue weighted by Gasteiger charge is 2.14. The van der Waals surface area contributed by atoms with Gasteiger partial charge in [0.05, 0.1) is 11.5 Å². The highest BCUT2D eigenvalue weighted by Crippen LogP contribution is 2.24. The summed E-state index contributed by atoms with van der Waals surface area (Å²) in [5, 5.41) is 22.0. The molecule has 4 N–H and O–H groups in total. The summed E-state index contributed by atoms with van der Waals surface area (Å²) >= 11 is 0.810. The summed E-state index contributed by atoms with van der Waals surface area (Å²) < 4.78 is 0. The number of primary amides is 1. The number of hydrogen-bond acceptors (Lipinski definition) is 7. The van der Waals surface area contributed by atoms with Gasteiger partial charge in [0.2, 0.25) is 5.91 Å². The van der Waals surface area contributed by atoms with Gasteiger partial charge in [0.25, 0.3) is 0 Å². The van der Waals surface area contributed by atoms with Gasteiger partial charge in [-0.3, -0.25) is 14.9 Å². The van der Waals surface area contributed by atoms with Crippen LogP contribution in [0, 0.1) is 10.1 Å². The average molecular weight is 232 g/mol. The van der Waals surface area contributed by atoms with Crippen LogP contribution in [-0.2, 0) is 4.79 Å². The zero-order valence-corrected chi connectivity index (χ0v) is 8.23. The van der Waals surface area contributed by atoms with Crippen molar-refractivity contribution in [2.24, 2.45) is 5.73 Å². The lowest BCUT2D eigenvalue weighted by molar-refractivity contribution is -0.380. The fraction of sp³-hybridized carbons (Fsp3) is 0.333. The van der Waals surface area contributed by atoms with Crippen LogP contribution < -0.4 is 11.1 Å². The number of carbonyl (C=O) groups is 1. The molecule has 1 unspecified atom stereocenters. The van der Waals surface area contributed by atoms with Crippen molar-refractivity contribution in [3.8, 4) is 0 Å². The number of carbonyl (C=O) groups excluding carboxylic acids is 1. The lowest BCUT2D eigenvalue weighted by Crippen LogP contribution is -2.34. The summed E-state index contributed by atoms with van der Waals surface area (Å²) in [5.74, 6) is -0.867. The van der Waals surface area contributed by atoms with Crippen LogP contribution in [0.2, 0.25) is 0 Å². The van der Waals surface area contributed by atoms with E-state index in [1.165, 1.54) is 0 Å². The van der Waals surface area contributed by atoms with Crippen LogP contribution in [0.25, 0.3) is 0 Å². The largest absolute Gasteiger partial charge is 0.381 e. The number of aliphatic hydroxyl groups excluding tert-OH is 1. The number of amides is 1. The molecule has 1 rings (SSSR count). The Kier molecular flexibility index (Phi) is 3.52. The molecule has 8 nitrogen and oxygen atoms in total. The first kappa shape index (κ1) is 11.3. The van der Waals surface area contributed by atoms with Crippen molar-refractivity contribution < 1.29 is 14.8 Å². The van der Waals surface area contributed by atoms with Crippen molar-refractivity contribution in [2.75, 3.05) is 11.9 Å². The Bertz CT molecular complexity index is 379. The van der Waals surface area contributed by atoms with E-state index in [1.807, 2.05) is 0 Å². The average Bonchev–Trinajstić information content (AvgIpc) is 2.62. The Hall–Kier alpha value is -1.74. The van der Waals surface area contributed by atoms with E-state index in [0.29, 0.717) is 0 Å². The zero-order chi connectivity index (χ0) is 11.4. The molecular weight excluding hydrogens is 224 g/mol. The smallest absolute Gasteiger partial charge is 0.345 e. The normalized spacial score (nSPS) is 12.1. The summed E-state index contributed by atoms with van der Waals surface area (Å²) in [4.78, 5) is 23.8. The molecule has 0 spiro atoms. The fourth-order valence-corrected chi connectivity index (χ4v) is 1.36. The van der Waals surface area contributed by atoms with Crippen LogP contribution in [-0.4, -0.2) is 33.6 Å². The molecule has 1 aromatic heterocycles. The van der Waals surface area contributed by atoms with E-state index in [9.17, 15) is 14.9 Å². The van der Waals surface area contributed by atoms with E-state index >= 15 is 0 Å². The second-order valence-electron chi connectivity index (χ2n) is 2.56. The topological polar surface area (TPSA) is 131 Å². The molecular formula is C6H8N4O4S. The third-order valence-corrected chi connectivity index (χ3v) is 2.36. The number of anilines is 1. The van der Waals surface area contributed by atoms with Crippen molar-refractivity contribution >= 4 is 27.4 Å². The number of aromatic nitrogens is 1. The second-order valence-corrected chi connectivity index (χ2v) is 3.57. The number of nitrogens with zero attached hydrogens (tertiary/aromatic N) is 2. The van der Waals surface area contributed by atoms with Gasteiger partial charge >= 0.3 is 5.00 Å². The van der Waals surface area contributed by atoms with Crippen LogP contribution in [0.3, 0.4) is 0 Å². The summed E-state index contributed by atoms with van der Waals surface area (Å²) in [5.41, 5.74) is 4.80. The van der Waals surface area contributed by atoms with Gasteiger partial charge in [-0.1, -0.05) is 0 Å². The second kappa shape index (κ2) is 4.66. The molecule has 0 aliphatic heterocycles. The Morgan fingerprint density at radius 2 is 2.53 bits per heavy atom. The van der Waals surface area contributed by atoms with Gasteiger partial charge in [0.1, 0.15) is 12.3 Å². The van der Waals surface area contributed by atoms with Gasteiger partial charge in [-0.25, -0.2) is 4.98 Å². The number of rotatable bonds is 5. The Labute approximate surface area is 87.9 Å². The summed E-state index contributed by atoms with van der Waals surface area (Å²) in [6.07, 6.45) is -0.253. The molecule has 1 amide bonds. The van der Waals surface area contributed by atoms with E-state index in [1.54, 1.807) is 0 Å². The fourth-order valence-electron chi connectivity index (χ4n) is 0.716. The molecule has 0 aliphatic rings. The number of nitrogens with one attached hydrogen (secondary N) is 1. The maximum Gasteiger partial charge on any atom is 0.345 e. The lowest BCUT2D eigenvalue weighted by Gasteiger charge is -2.05. The van der Waals surface area contributed by atoms with E-state index in [4.69, 9.17) is 10.8 Å². The van der Waals surface area contributed by atoms with Gasteiger partial charge < -0.3 is 16.2 Å². The van der Waals surface area contributed by atoms with Crippen LogP contribution in [0.4, 0.5) is 10.1 Å². The van der Waals surface area contributed by atoms with Crippen LogP contribution in [0.1, 0.15) is 0 Å². The molecule has 9 heteroatoms. The Morgan fingerprint density at radius 3 is 3.00 bits per heavy atom. The number of hydrogen-bond donors (Lipinski definition) is 3. The van der Waals surface area contributed by atoms with Crippen molar-refractivity contribution in [3.05, 3.63) is 16.3 Å². The first-order valence-electron chi connectivity index (χ1n) is 3.82. The number of thiazole rings is 1. The van der Waals surface area contributed by atoms with E-state index in [0.717, 1.165) is 17.5 Å². The van der Waals surface area contributed by atoms with Crippen LogP contribution in [0.15, 0.2) is 6.20 Å². The van der Waals surface area contributed by atoms with Gasteiger partial charge in [0, 0.05) is 0 Å². The molecule has 1 aromatic rings. The van der Waals surface area contributed by atoms with Crippen molar-refractivity contribution in [2.45, 2.75) is 6.10 Å². The molecule has 0 saturated carbocycles. The third kappa shape index (κ3) is 3.14. The number of aliphatic hydroxyl groups is 1. The molecule has 0 fully saturated rings. The van der Waals surface area contributed by atoms with E-state index < -0.39 is 16.9 Å². The molecule has 0 radical (unpaired) electrons. The molecule has 15 heavy (non-hydrogen) atoms. The van der Waals surface area contributed by atoms with Gasteiger partial charge in [-0.15, -0.1) is 0 Å². The minimum atomic E-state index is -1.34. The summed E-state index contributed by atoms with van der Waals surface area (Å²) in [7, 11) is 0. The monoisotopic (exact) mass is 232 g/mol. The SMILES string of the molecule is NC(=O)C(O)CNc1ncc([N+](=O)[O-])s1. The van der Waals surface area contributed by atoms with E-state index in [2.05, 4.69) is 10.3 Å². The van der Waals surface area contributed by atoms with Crippen LogP contribution in [0.5, 0.6) is 0 Å². The molecule has 0 aromatic carbocycles. The van der Waals surface area contributed by atoms with Crippen LogP contribution >= 0.6 is 11.3 Å².